The van der Waals surface area contributed by atoms with E-state index < -0.39 is 5.91 Å². The van der Waals surface area contributed by atoms with Crippen LogP contribution in [0.4, 0.5) is 5.82 Å². The van der Waals surface area contributed by atoms with Crippen LogP contribution in [0.5, 0.6) is 0 Å². The van der Waals surface area contributed by atoms with Gasteiger partial charge in [0.15, 0.2) is 0 Å². The molecular formula is C15H19N5O2. The minimum Gasteiger partial charge on any atom is -0.369 e. The molecule has 0 spiro atoms. The maximum Gasteiger partial charge on any atom is 0.251 e. The van der Waals surface area contributed by atoms with E-state index in [1.165, 1.54) is 12.1 Å². The Kier molecular flexibility index (Phi) is 4.77. The van der Waals surface area contributed by atoms with Crippen LogP contribution >= 0.6 is 0 Å². The van der Waals surface area contributed by atoms with E-state index in [2.05, 4.69) is 15.7 Å². The molecule has 0 saturated carbocycles. The average Bonchev–Trinajstić information content (AvgIpc) is 2.81. The highest BCUT2D eigenvalue weighted by Gasteiger charge is 2.06. The van der Waals surface area contributed by atoms with Crippen molar-refractivity contribution in [2.75, 3.05) is 18.4 Å². The van der Waals surface area contributed by atoms with E-state index in [9.17, 15) is 9.59 Å². The number of amides is 2. The van der Waals surface area contributed by atoms with Crippen molar-refractivity contribution in [3.63, 3.8) is 0 Å². The summed E-state index contributed by atoms with van der Waals surface area (Å²) in [6.45, 7) is 2.98. The fourth-order valence-electron chi connectivity index (χ4n) is 2.03. The van der Waals surface area contributed by atoms with Gasteiger partial charge in [0.05, 0.1) is 5.69 Å². The Hall–Kier alpha value is -2.83. The molecule has 0 aliphatic carbocycles. The van der Waals surface area contributed by atoms with Crippen molar-refractivity contribution >= 4 is 17.6 Å². The fraction of sp³-hybridized carbons (Fsp3) is 0.267. The van der Waals surface area contributed by atoms with Gasteiger partial charge in [0.25, 0.3) is 5.91 Å². The number of aromatic nitrogens is 2. The Bertz CT molecular complexity index is 676. The Morgan fingerprint density at radius 2 is 1.82 bits per heavy atom. The first kappa shape index (κ1) is 15.6. The van der Waals surface area contributed by atoms with Gasteiger partial charge in [0.1, 0.15) is 5.82 Å². The number of rotatable bonds is 6. The molecular weight excluding hydrogens is 282 g/mol. The number of benzene rings is 1. The topological polar surface area (TPSA) is 102 Å². The lowest BCUT2D eigenvalue weighted by Crippen LogP contribution is -2.29. The van der Waals surface area contributed by atoms with Crippen molar-refractivity contribution < 1.29 is 9.59 Å². The van der Waals surface area contributed by atoms with Crippen LogP contribution in [-0.4, -0.2) is 34.7 Å². The molecule has 116 valence electrons. The van der Waals surface area contributed by atoms with Crippen LogP contribution in [-0.2, 0) is 7.05 Å². The van der Waals surface area contributed by atoms with Crippen molar-refractivity contribution in [2.45, 2.75) is 6.92 Å². The van der Waals surface area contributed by atoms with E-state index in [1.807, 2.05) is 20.0 Å². The lowest BCUT2D eigenvalue weighted by molar-refractivity contribution is 0.0952. The maximum absolute atomic E-state index is 11.9. The fourth-order valence-corrected chi connectivity index (χ4v) is 2.03. The van der Waals surface area contributed by atoms with E-state index in [4.69, 9.17) is 5.73 Å². The Morgan fingerprint density at radius 3 is 2.36 bits per heavy atom. The summed E-state index contributed by atoms with van der Waals surface area (Å²) >= 11 is 0. The number of hydrogen-bond donors (Lipinski definition) is 3. The Balaban J connectivity index is 1.80. The van der Waals surface area contributed by atoms with Crippen molar-refractivity contribution in [2.24, 2.45) is 12.8 Å². The molecule has 0 aliphatic heterocycles. The molecule has 0 fully saturated rings. The summed E-state index contributed by atoms with van der Waals surface area (Å²) in [7, 11) is 1.86. The van der Waals surface area contributed by atoms with E-state index in [-0.39, 0.29) is 5.91 Å². The highest BCUT2D eigenvalue weighted by molar-refractivity contribution is 5.97. The number of nitrogens with one attached hydrogen (secondary N) is 2. The van der Waals surface area contributed by atoms with Crippen LogP contribution < -0.4 is 16.4 Å². The van der Waals surface area contributed by atoms with Crippen molar-refractivity contribution in [3.05, 3.63) is 47.2 Å². The summed E-state index contributed by atoms with van der Waals surface area (Å²) in [5.41, 5.74) is 6.95. The second-order valence-electron chi connectivity index (χ2n) is 4.92. The number of carbonyl (C=O) groups excluding carboxylic acids is 2. The number of hydrogen-bond acceptors (Lipinski definition) is 4. The maximum atomic E-state index is 11.9. The SMILES string of the molecule is Cc1cc(NCCNC(=O)c2ccc(C(N)=O)cc2)n(C)n1. The molecule has 0 unspecified atom stereocenters. The van der Waals surface area contributed by atoms with Crippen LogP contribution in [0.25, 0.3) is 0 Å². The van der Waals surface area contributed by atoms with Crippen molar-refractivity contribution in [1.82, 2.24) is 15.1 Å². The molecule has 2 rings (SSSR count). The standard InChI is InChI=1S/C15H19N5O2/c1-10-9-13(20(2)19-10)17-7-8-18-15(22)12-5-3-11(4-6-12)14(16)21/h3-6,9,17H,7-8H2,1-2H3,(H2,16,21)(H,18,22). The first-order valence-corrected chi connectivity index (χ1v) is 6.90. The monoisotopic (exact) mass is 301 g/mol. The van der Waals surface area contributed by atoms with E-state index in [0.29, 0.717) is 24.2 Å². The summed E-state index contributed by atoms with van der Waals surface area (Å²) in [5, 5.41) is 10.2. The smallest absolute Gasteiger partial charge is 0.251 e. The molecule has 1 heterocycles. The Morgan fingerprint density at radius 1 is 1.18 bits per heavy atom. The van der Waals surface area contributed by atoms with Crippen LogP contribution in [0.1, 0.15) is 26.4 Å². The van der Waals surface area contributed by atoms with Crippen molar-refractivity contribution in [3.8, 4) is 0 Å². The third kappa shape index (κ3) is 3.85. The van der Waals surface area contributed by atoms with E-state index in [1.54, 1.807) is 16.8 Å². The summed E-state index contributed by atoms with van der Waals surface area (Å²) in [5.74, 6) is 0.194. The van der Waals surface area contributed by atoms with Gasteiger partial charge in [-0.05, 0) is 31.2 Å². The van der Waals surface area contributed by atoms with Gasteiger partial charge in [-0.2, -0.15) is 5.10 Å². The summed E-state index contributed by atoms with van der Waals surface area (Å²) in [6, 6.07) is 8.16. The number of carbonyl (C=O) groups is 2. The zero-order chi connectivity index (χ0) is 16.1. The van der Waals surface area contributed by atoms with Gasteiger partial charge in [0, 0.05) is 37.3 Å². The van der Waals surface area contributed by atoms with Crippen LogP contribution in [0.2, 0.25) is 0 Å². The first-order valence-electron chi connectivity index (χ1n) is 6.90. The quantitative estimate of drug-likeness (QED) is 0.682. The second kappa shape index (κ2) is 6.75. The van der Waals surface area contributed by atoms with Crippen LogP contribution in [0.3, 0.4) is 0 Å². The normalized spacial score (nSPS) is 10.3. The summed E-state index contributed by atoms with van der Waals surface area (Å²) in [6.07, 6.45) is 0. The molecule has 0 bridgehead atoms. The third-order valence-corrected chi connectivity index (χ3v) is 3.15. The first-order chi connectivity index (χ1) is 10.5. The third-order valence-electron chi connectivity index (χ3n) is 3.15. The number of anilines is 1. The lowest BCUT2D eigenvalue weighted by atomic mass is 10.1. The minimum absolute atomic E-state index is 0.195. The molecule has 0 radical (unpaired) electrons. The summed E-state index contributed by atoms with van der Waals surface area (Å²) < 4.78 is 1.75. The number of aryl methyl sites for hydroxylation is 2. The molecule has 22 heavy (non-hydrogen) atoms. The molecule has 2 aromatic rings. The largest absolute Gasteiger partial charge is 0.369 e. The molecule has 0 atom stereocenters. The molecule has 1 aromatic heterocycles. The van der Waals surface area contributed by atoms with Crippen LogP contribution in [0.15, 0.2) is 30.3 Å². The zero-order valence-electron chi connectivity index (χ0n) is 12.6. The van der Waals surface area contributed by atoms with Gasteiger partial charge < -0.3 is 16.4 Å². The highest BCUT2D eigenvalue weighted by Crippen LogP contribution is 2.07. The number of nitrogens with zero attached hydrogens (tertiary/aromatic N) is 2. The molecule has 1 aromatic carbocycles. The average molecular weight is 301 g/mol. The highest BCUT2D eigenvalue weighted by atomic mass is 16.2. The van der Waals surface area contributed by atoms with Crippen LogP contribution in [0, 0.1) is 6.92 Å². The minimum atomic E-state index is -0.511. The van der Waals surface area contributed by atoms with E-state index >= 15 is 0 Å². The second-order valence-corrected chi connectivity index (χ2v) is 4.92. The molecule has 7 nitrogen and oxygen atoms in total. The van der Waals surface area contributed by atoms with Gasteiger partial charge in [0.2, 0.25) is 5.91 Å². The molecule has 2 amide bonds. The predicted octanol–water partition coefficient (Wildman–Crippen LogP) is 0.669. The zero-order valence-corrected chi connectivity index (χ0v) is 12.6. The molecule has 0 aliphatic rings. The van der Waals surface area contributed by atoms with Gasteiger partial charge >= 0.3 is 0 Å². The lowest BCUT2D eigenvalue weighted by Gasteiger charge is -2.08. The molecule has 0 saturated heterocycles. The van der Waals surface area contributed by atoms with E-state index in [0.717, 1.165) is 11.5 Å². The molecule has 7 heteroatoms. The van der Waals surface area contributed by atoms with Crippen molar-refractivity contribution in [1.29, 1.82) is 0 Å². The van der Waals surface area contributed by atoms with Gasteiger partial charge in [-0.15, -0.1) is 0 Å². The number of nitrogens with two attached hydrogens (primary N) is 1. The Labute approximate surface area is 128 Å². The number of primary amides is 1. The van der Waals surface area contributed by atoms with Gasteiger partial charge in [-0.25, -0.2) is 0 Å². The summed E-state index contributed by atoms with van der Waals surface area (Å²) in [4.78, 5) is 22.9. The molecule has 4 N–H and O–H groups in total. The predicted molar refractivity (Wildman–Crippen MR) is 83.7 cm³/mol. The van der Waals surface area contributed by atoms with Gasteiger partial charge in [-0.3, -0.25) is 14.3 Å². The van der Waals surface area contributed by atoms with Gasteiger partial charge in [-0.1, -0.05) is 0 Å².